The largest absolute Gasteiger partial charge is 0.356 e. The minimum absolute atomic E-state index is 0.0593. The molecule has 18 heavy (non-hydrogen) atoms. The number of hydrogen-bond acceptors (Lipinski definition) is 4. The van der Waals surface area contributed by atoms with Crippen LogP contribution in [0.5, 0.6) is 0 Å². The van der Waals surface area contributed by atoms with Gasteiger partial charge in [0.1, 0.15) is 11.7 Å². The molecule has 0 fully saturated rings. The standard InChI is InChI=1S/C12H14N2O2.C2H6/c1-8(15)12(14(2)3)11-9-6-4-5-7-10(9)16-13-11;1-2/h4-7,12H,1-3H3;1-2H3. The molecule has 0 amide bonds. The quantitative estimate of drug-likeness (QED) is 0.837. The first-order chi connectivity index (χ1) is 8.61. The summed E-state index contributed by atoms with van der Waals surface area (Å²) in [6, 6.07) is 7.22. The minimum atomic E-state index is -0.344. The number of carbonyl (C=O) groups excluding carboxylic acids is 1. The molecule has 1 heterocycles. The molecule has 0 saturated carbocycles. The third-order valence-corrected chi connectivity index (χ3v) is 2.57. The maximum atomic E-state index is 11.6. The normalized spacial score (nSPS) is 12.1. The van der Waals surface area contributed by atoms with Crippen molar-refractivity contribution < 1.29 is 9.32 Å². The number of para-hydroxylation sites is 1. The molecule has 2 rings (SSSR count). The maximum Gasteiger partial charge on any atom is 0.167 e. The number of rotatable bonds is 3. The van der Waals surface area contributed by atoms with Crippen molar-refractivity contribution in [3.63, 3.8) is 0 Å². The van der Waals surface area contributed by atoms with E-state index in [2.05, 4.69) is 5.16 Å². The van der Waals surface area contributed by atoms with Gasteiger partial charge >= 0.3 is 0 Å². The molecule has 1 aromatic heterocycles. The molecule has 98 valence electrons. The molecule has 2 aromatic rings. The lowest BCUT2D eigenvalue weighted by molar-refractivity contribution is -0.121. The highest BCUT2D eigenvalue weighted by Crippen LogP contribution is 2.26. The number of benzene rings is 1. The molecule has 0 aliphatic carbocycles. The first-order valence-corrected chi connectivity index (χ1v) is 6.12. The van der Waals surface area contributed by atoms with Gasteiger partial charge in [-0.05, 0) is 33.2 Å². The summed E-state index contributed by atoms with van der Waals surface area (Å²) in [6.07, 6.45) is 0. The van der Waals surface area contributed by atoms with E-state index in [0.717, 1.165) is 5.39 Å². The molecule has 0 aliphatic rings. The molecule has 0 N–H and O–H groups in total. The van der Waals surface area contributed by atoms with E-state index < -0.39 is 0 Å². The van der Waals surface area contributed by atoms with Crippen molar-refractivity contribution in [1.82, 2.24) is 10.1 Å². The average Bonchev–Trinajstić information content (AvgIpc) is 2.75. The van der Waals surface area contributed by atoms with Crippen LogP contribution in [0.4, 0.5) is 0 Å². The summed E-state index contributed by atoms with van der Waals surface area (Å²) in [5, 5.41) is 4.90. The van der Waals surface area contributed by atoms with Gasteiger partial charge in [0.15, 0.2) is 11.4 Å². The van der Waals surface area contributed by atoms with E-state index in [0.29, 0.717) is 11.3 Å². The highest BCUT2D eigenvalue weighted by atomic mass is 16.5. The average molecular weight is 248 g/mol. The molecular weight excluding hydrogens is 228 g/mol. The summed E-state index contributed by atoms with van der Waals surface area (Å²) in [7, 11) is 3.71. The third kappa shape index (κ3) is 2.76. The second kappa shape index (κ2) is 6.31. The molecule has 0 spiro atoms. The summed E-state index contributed by atoms with van der Waals surface area (Å²) < 4.78 is 5.20. The molecule has 4 heteroatoms. The maximum absolute atomic E-state index is 11.6. The van der Waals surface area contributed by atoms with Crippen LogP contribution in [0.1, 0.15) is 32.5 Å². The minimum Gasteiger partial charge on any atom is -0.356 e. The Kier molecular flexibility index (Phi) is 5.04. The topological polar surface area (TPSA) is 46.3 Å². The van der Waals surface area contributed by atoms with Gasteiger partial charge in [-0.1, -0.05) is 31.1 Å². The Hall–Kier alpha value is -1.68. The van der Waals surface area contributed by atoms with E-state index in [9.17, 15) is 4.79 Å². The van der Waals surface area contributed by atoms with E-state index in [4.69, 9.17) is 4.52 Å². The Morgan fingerprint density at radius 1 is 1.28 bits per heavy atom. The van der Waals surface area contributed by atoms with Crippen LogP contribution in [0.3, 0.4) is 0 Å². The van der Waals surface area contributed by atoms with Crippen molar-refractivity contribution in [1.29, 1.82) is 0 Å². The van der Waals surface area contributed by atoms with Gasteiger partial charge in [0.25, 0.3) is 0 Å². The molecule has 0 radical (unpaired) electrons. The highest BCUT2D eigenvalue weighted by Gasteiger charge is 2.24. The van der Waals surface area contributed by atoms with Crippen LogP contribution in [-0.4, -0.2) is 29.9 Å². The van der Waals surface area contributed by atoms with Gasteiger partial charge in [-0.15, -0.1) is 0 Å². The summed E-state index contributed by atoms with van der Waals surface area (Å²) in [6.45, 7) is 5.56. The smallest absolute Gasteiger partial charge is 0.167 e. The van der Waals surface area contributed by atoms with Gasteiger partial charge in [-0.2, -0.15) is 0 Å². The van der Waals surface area contributed by atoms with Crippen LogP contribution in [-0.2, 0) is 4.79 Å². The number of Topliss-reactive ketones (excluding diaryl/α,β-unsaturated/α-hetero) is 1. The summed E-state index contributed by atoms with van der Waals surface area (Å²) in [4.78, 5) is 13.4. The number of aromatic nitrogens is 1. The van der Waals surface area contributed by atoms with Gasteiger partial charge in [0, 0.05) is 5.39 Å². The molecule has 1 unspecified atom stereocenters. The summed E-state index contributed by atoms with van der Waals surface area (Å²) in [5.41, 5.74) is 1.40. The van der Waals surface area contributed by atoms with Gasteiger partial charge < -0.3 is 4.52 Å². The van der Waals surface area contributed by atoms with Crippen LogP contribution < -0.4 is 0 Å². The van der Waals surface area contributed by atoms with Crippen molar-refractivity contribution in [2.45, 2.75) is 26.8 Å². The number of likely N-dealkylation sites (N-methyl/N-ethyl adjacent to an activating group) is 1. The zero-order chi connectivity index (χ0) is 13.7. The highest BCUT2D eigenvalue weighted by molar-refractivity contribution is 5.89. The number of hydrogen-bond donors (Lipinski definition) is 0. The van der Waals surface area contributed by atoms with Crippen LogP contribution >= 0.6 is 0 Å². The molecule has 0 aliphatic heterocycles. The SMILES string of the molecule is CC.CC(=O)C(c1noc2ccccc12)N(C)C. The van der Waals surface area contributed by atoms with E-state index in [1.165, 1.54) is 0 Å². The molecule has 1 aromatic carbocycles. The Morgan fingerprint density at radius 2 is 1.89 bits per heavy atom. The molecule has 4 nitrogen and oxygen atoms in total. The van der Waals surface area contributed by atoms with Gasteiger partial charge in [0.2, 0.25) is 0 Å². The molecule has 0 saturated heterocycles. The Balaban J connectivity index is 0.000000771. The zero-order valence-electron chi connectivity index (χ0n) is 11.6. The van der Waals surface area contributed by atoms with Crippen LogP contribution in [0, 0.1) is 0 Å². The van der Waals surface area contributed by atoms with E-state index in [1.54, 1.807) is 6.92 Å². The summed E-state index contributed by atoms with van der Waals surface area (Å²) in [5.74, 6) is 0.0593. The van der Waals surface area contributed by atoms with E-state index in [1.807, 2.05) is 57.1 Å². The van der Waals surface area contributed by atoms with Crippen LogP contribution in [0.2, 0.25) is 0 Å². The van der Waals surface area contributed by atoms with Crippen molar-refractivity contribution in [3.8, 4) is 0 Å². The Bertz CT molecular complexity index is 517. The first-order valence-electron chi connectivity index (χ1n) is 6.12. The van der Waals surface area contributed by atoms with Crippen LogP contribution in [0.15, 0.2) is 28.8 Å². The van der Waals surface area contributed by atoms with Crippen molar-refractivity contribution in [2.24, 2.45) is 0 Å². The Morgan fingerprint density at radius 3 is 2.44 bits per heavy atom. The van der Waals surface area contributed by atoms with Gasteiger partial charge in [-0.25, -0.2) is 0 Å². The van der Waals surface area contributed by atoms with E-state index in [-0.39, 0.29) is 11.8 Å². The fourth-order valence-corrected chi connectivity index (χ4v) is 1.90. The lowest BCUT2D eigenvalue weighted by Crippen LogP contribution is -2.26. The fraction of sp³-hybridized carbons (Fsp3) is 0.429. The lowest BCUT2D eigenvalue weighted by Gasteiger charge is -2.19. The number of carbonyl (C=O) groups is 1. The van der Waals surface area contributed by atoms with Gasteiger partial charge in [-0.3, -0.25) is 9.69 Å². The zero-order valence-corrected chi connectivity index (χ0v) is 11.6. The number of ketones is 1. The number of nitrogens with zero attached hydrogens (tertiary/aromatic N) is 2. The molecular formula is C14H20N2O2. The number of fused-ring (bicyclic) bond motifs is 1. The second-order valence-corrected chi connectivity index (χ2v) is 4.04. The second-order valence-electron chi connectivity index (χ2n) is 4.04. The van der Waals surface area contributed by atoms with Crippen molar-refractivity contribution in [2.75, 3.05) is 14.1 Å². The predicted molar refractivity (Wildman–Crippen MR) is 72.5 cm³/mol. The van der Waals surface area contributed by atoms with Crippen LogP contribution in [0.25, 0.3) is 11.0 Å². The Labute approximate surface area is 108 Å². The molecule has 0 bridgehead atoms. The van der Waals surface area contributed by atoms with Crippen molar-refractivity contribution in [3.05, 3.63) is 30.0 Å². The summed E-state index contributed by atoms with van der Waals surface area (Å²) >= 11 is 0. The monoisotopic (exact) mass is 248 g/mol. The van der Waals surface area contributed by atoms with Crippen molar-refractivity contribution >= 4 is 16.8 Å². The first kappa shape index (κ1) is 14.4. The van der Waals surface area contributed by atoms with E-state index >= 15 is 0 Å². The third-order valence-electron chi connectivity index (χ3n) is 2.57. The van der Waals surface area contributed by atoms with Gasteiger partial charge in [0.05, 0.1) is 0 Å². The predicted octanol–water partition coefficient (Wildman–Crippen LogP) is 3.05. The lowest BCUT2D eigenvalue weighted by atomic mass is 10.1. The fourth-order valence-electron chi connectivity index (χ4n) is 1.90. The molecule has 1 atom stereocenters.